The third-order valence-electron chi connectivity index (χ3n) is 6.21. The fourth-order valence-corrected chi connectivity index (χ4v) is 4.59. The Bertz CT molecular complexity index is 243. The van der Waals surface area contributed by atoms with Gasteiger partial charge in [0.05, 0.1) is 0 Å². The summed E-state index contributed by atoms with van der Waals surface area (Å²) in [6, 6.07) is 0. The van der Waals surface area contributed by atoms with Crippen LogP contribution in [-0.2, 0) is 0 Å². The molecule has 0 aliphatic heterocycles. The Kier molecular flexibility index (Phi) is 3.54. The molecule has 0 aromatic carbocycles. The first-order valence-electron chi connectivity index (χ1n) is 7.10. The molecule has 16 heavy (non-hydrogen) atoms. The molecule has 0 radical (unpaired) electrons. The van der Waals surface area contributed by atoms with E-state index in [0.29, 0.717) is 16.2 Å². The Hall–Kier alpha value is 0. The first kappa shape index (κ1) is 14.1. The van der Waals surface area contributed by atoms with E-state index in [9.17, 15) is 0 Å². The molecule has 0 heteroatoms. The molecular weight excluding hydrogens is 192 g/mol. The summed E-state index contributed by atoms with van der Waals surface area (Å²) in [4.78, 5) is 0. The zero-order valence-corrected chi connectivity index (χ0v) is 12.8. The Labute approximate surface area is 103 Å². The van der Waals surface area contributed by atoms with Crippen LogP contribution in [0.4, 0.5) is 0 Å². The van der Waals surface area contributed by atoms with E-state index in [1.807, 2.05) is 0 Å². The van der Waals surface area contributed by atoms with Gasteiger partial charge in [-0.1, -0.05) is 68.2 Å². The highest BCUT2D eigenvalue weighted by Gasteiger charge is 2.65. The van der Waals surface area contributed by atoms with Crippen molar-refractivity contribution in [1.82, 2.24) is 0 Å². The van der Waals surface area contributed by atoms with E-state index in [1.54, 1.807) is 0 Å². The standard InChI is InChI=1S/C16H32/c1-9-10-11-13-12(2)16(8,14(3,4)5)15(13,6)7/h12-13H,9-11H2,1-8H3. The zero-order chi connectivity index (χ0) is 12.8. The van der Waals surface area contributed by atoms with E-state index < -0.39 is 0 Å². The van der Waals surface area contributed by atoms with E-state index in [-0.39, 0.29) is 0 Å². The monoisotopic (exact) mass is 224 g/mol. The lowest BCUT2D eigenvalue weighted by Crippen LogP contribution is -2.65. The molecule has 0 heterocycles. The second-order valence-corrected chi connectivity index (χ2v) is 7.71. The van der Waals surface area contributed by atoms with Gasteiger partial charge in [-0.15, -0.1) is 0 Å². The zero-order valence-electron chi connectivity index (χ0n) is 12.8. The number of rotatable bonds is 3. The predicted octanol–water partition coefficient (Wildman–Crippen LogP) is 5.52. The average Bonchev–Trinajstić information content (AvgIpc) is 2.14. The van der Waals surface area contributed by atoms with Gasteiger partial charge in [0.2, 0.25) is 0 Å². The predicted molar refractivity (Wildman–Crippen MR) is 73.5 cm³/mol. The van der Waals surface area contributed by atoms with Crippen molar-refractivity contribution in [2.45, 2.75) is 74.7 Å². The normalized spacial score (nSPS) is 38.2. The molecule has 3 unspecified atom stereocenters. The van der Waals surface area contributed by atoms with Crippen LogP contribution in [0.15, 0.2) is 0 Å². The van der Waals surface area contributed by atoms with Crippen LogP contribution >= 0.6 is 0 Å². The third-order valence-corrected chi connectivity index (χ3v) is 6.21. The molecule has 3 atom stereocenters. The van der Waals surface area contributed by atoms with Crippen molar-refractivity contribution in [2.24, 2.45) is 28.1 Å². The summed E-state index contributed by atoms with van der Waals surface area (Å²) in [5, 5.41) is 0. The molecule has 0 aromatic rings. The van der Waals surface area contributed by atoms with E-state index >= 15 is 0 Å². The summed E-state index contributed by atoms with van der Waals surface area (Å²) in [5.74, 6) is 1.80. The highest BCUT2D eigenvalue weighted by molar-refractivity contribution is 5.13. The first-order chi connectivity index (χ1) is 7.10. The lowest BCUT2D eigenvalue weighted by molar-refractivity contribution is -0.230. The lowest BCUT2D eigenvalue weighted by Gasteiger charge is -2.71. The molecule has 1 saturated carbocycles. The second-order valence-electron chi connectivity index (χ2n) is 7.71. The molecular formula is C16H32. The van der Waals surface area contributed by atoms with Gasteiger partial charge in [0.1, 0.15) is 0 Å². The van der Waals surface area contributed by atoms with Gasteiger partial charge in [0.25, 0.3) is 0 Å². The van der Waals surface area contributed by atoms with Crippen LogP contribution in [0.5, 0.6) is 0 Å². The fourth-order valence-electron chi connectivity index (χ4n) is 4.59. The molecule has 0 aromatic heterocycles. The molecule has 1 aliphatic carbocycles. The van der Waals surface area contributed by atoms with Crippen molar-refractivity contribution < 1.29 is 0 Å². The van der Waals surface area contributed by atoms with Crippen molar-refractivity contribution >= 4 is 0 Å². The highest BCUT2D eigenvalue weighted by atomic mass is 14.7. The van der Waals surface area contributed by atoms with Gasteiger partial charge in [-0.05, 0) is 34.5 Å². The summed E-state index contributed by atoms with van der Waals surface area (Å²) in [7, 11) is 0. The molecule has 1 aliphatic rings. The molecule has 0 bridgehead atoms. The van der Waals surface area contributed by atoms with Crippen LogP contribution in [-0.4, -0.2) is 0 Å². The van der Waals surface area contributed by atoms with Gasteiger partial charge in [-0.25, -0.2) is 0 Å². The van der Waals surface area contributed by atoms with Gasteiger partial charge in [-0.3, -0.25) is 0 Å². The summed E-state index contributed by atoms with van der Waals surface area (Å²) in [6.07, 6.45) is 4.17. The van der Waals surface area contributed by atoms with Crippen LogP contribution in [0.3, 0.4) is 0 Å². The van der Waals surface area contributed by atoms with Gasteiger partial charge < -0.3 is 0 Å². The molecule has 96 valence electrons. The van der Waals surface area contributed by atoms with E-state index in [1.165, 1.54) is 19.3 Å². The Morgan fingerprint density at radius 1 is 1.06 bits per heavy atom. The molecule has 0 nitrogen and oxygen atoms in total. The topological polar surface area (TPSA) is 0 Å². The summed E-state index contributed by atoms with van der Waals surface area (Å²) < 4.78 is 0. The number of hydrogen-bond acceptors (Lipinski definition) is 0. The van der Waals surface area contributed by atoms with Crippen molar-refractivity contribution in [2.75, 3.05) is 0 Å². The van der Waals surface area contributed by atoms with Gasteiger partial charge in [0, 0.05) is 0 Å². The molecule has 1 rings (SSSR count). The Morgan fingerprint density at radius 2 is 1.56 bits per heavy atom. The maximum absolute atomic E-state index is 2.51. The van der Waals surface area contributed by atoms with Gasteiger partial charge in [0.15, 0.2) is 0 Å². The van der Waals surface area contributed by atoms with E-state index in [4.69, 9.17) is 0 Å². The molecule has 1 fully saturated rings. The maximum atomic E-state index is 2.51. The highest BCUT2D eigenvalue weighted by Crippen LogP contribution is 2.71. The third kappa shape index (κ3) is 1.64. The molecule has 0 spiro atoms. The smallest absolute Gasteiger partial charge is 0.0195 e. The molecule has 0 saturated heterocycles. The Balaban J connectivity index is 2.87. The second kappa shape index (κ2) is 4.03. The maximum Gasteiger partial charge on any atom is -0.0195 e. The van der Waals surface area contributed by atoms with Gasteiger partial charge >= 0.3 is 0 Å². The van der Waals surface area contributed by atoms with Crippen molar-refractivity contribution in [3.05, 3.63) is 0 Å². The Morgan fingerprint density at radius 3 is 1.88 bits per heavy atom. The largest absolute Gasteiger partial charge is 0.0654 e. The minimum atomic E-state index is 0.415. The summed E-state index contributed by atoms with van der Waals surface area (Å²) >= 11 is 0. The van der Waals surface area contributed by atoms with Crippen molar-refractivity contribution in [3.8, 4) is 0 Å². The first-order valence-corrected chi connectivity index (χ1v) is 7.10. The fraction of sp³-hybridized carbons (Fsp3) is 1.00. The quantitative estimate of drug-likeness (QED) is 0.592. The number of hydrogen-bond donors (Lipinski definition) is 0. The minimum Gasteiger partial charge on any atom is -0.0654 e. The van der Waals surface area contributed by atoms with Crippen LogP contribution in [0.25, 0.3) is 0 Å². The van der Waals surface area contributed by atoms with Crippen LogP contribution in [0.1, 0.15) is 74.7 Å². The average molecular weight is 224 g/mol. The van der Waals surface area contributed by atoms with E-state index in [2.05, 4.69) is 55.4 Å². The summed E-state index contributed by atoms with van der Waals surface area (Å²) in [6.45, 7) is 19.6. The lowest BCUT2D eigenvalue weighted by atomic mass is 9.34. The van der Waals surface area contributed by atoms with Gasteiger partial charge in [-0.2, -0.15) is 0 Å². The van der Waals surface area contributed by atoms with Crippen molar-refractivity contribution in [1.29, 1.82) is 0 Å². The minimum absolute atomic E-state index is 0.415. The van der Waals surface area contributed by atoms with Crippen LogP contribution in [0, 0.1) is 28.1 Å². The SMILES string of the molecule is CCCCC1C(C)C(C)(C(C)(C)C)C1(C)C. The molecule has 0 amide bonds. The van der Waals surface area contributed by atoms with E-state index in [0.717, 1.165) is 11.8 Å². The van der Waals surface area contributed by atoms with Crippen LogP contribution in [0.2, 0.25) is 0 Å². The summed E-state index contributed by atoms with van der Waals surface area (Å²) in [5.41, 5.74) is 1.40. The van der Waals surface area contributed by atoms with Crippen LogP contribution < -0.4 is 0 Å². The van der Waals surface area contributed by atoms with Crippen molar-refractivity contribution in [3.63, 3.8) is 0 Å². The number of unbranched alkanes of at least 4 members (excludes halogenated alkanes) is 1. The molecule has 0 N–H and O–H groups in total.